The highest BCUT2D eigenvalue weighted by Gasteiger charge is 2.41. The number of nitrogens with zero attached hydrogens (tertiary/aromatic N) is 3. The quantitative estimate of drug-likeness (QED) is 0.766. The van der Waals surface area contributed by atoms with Crippen molar-refractivity contribution >= 4 is 23.1 Å². The molecule has 2 atom stereocenters. The molecule has 4 rings (SSSR count). The Labute approximate surface area is 179 Å². The number of hydrogen-bond donors (Lipinski definition) is 1. The van der Waals surface area contributed by atoms with E-state index in [0.717, 1.165) is 11.1 Å². The fourth-order valence-electron chi connectivity index (χ4n) is 3.47. The van der Waals surface area contributed by atoms with E-state index < -0.39 is 12.1 Å². The van der Waals surface area contributed by atoms with Crippen LogP contribution < -0.4 is 10.5 Å². The first-order chi connectivity index (χ1) is 14.6. The van der Waals surface area contributed by atoms with Crippen LogP contribution in [0.4, 0.5) is 0 Å². The van der Waals surface area contributed by atoms with Crippen molar-refractivity contribution < 1.29 is 14.2 Å². The van der Waals surface area contributed by atoms with Crippen molar-refractivity contribution in [1.82, 2.24) is 0 Å². The molecule has 2 aromatic rings. The first-order valence-corrected chi connectivity index (χ1v) is 9.65. The minimum absolute atomic E-state index is 0.0577. The van der Waals surface area contributed by atoms with Crippen molar-refractivity contribution in [3.05, 3.63) is 76.1 Å². The van der Waals surface area contributed by atoms with Crippen LogP contribution in [0.25, 0.3) is 0 Å². The highest BCUT2D eigenvalue weighted by Crippen LogP contribution is 2.37. The number of fused-ring (bicyclic) bond motifs is 1. The summed E-state index contributed by atoms with van der Waals surface area (Å²) in [5.41, 5.74) is 8.75. The maximum absolute atomic E-state index is 9.78. The second-order valence-corrected chi connectivity index (χ2v) is 7.19. The van der Waals surface area contributed by atoms with Gasteiger partial charge in [0.2, 0.25) is 12.1 Å². The normalized spacial score (nSPS) is 20.0. The number of ether oxygens (including phenoxy) is 3. The van der Waals surface area contributed by atoms with Gasteiger partial charge in [-0.25, -0.2) is 9.98 Å². The number of nitriles is 1. The molecule has 2 aromatic carbocycles. The SMILES string of the molecule is COCC1=NC2OC(N)=C(C#N)C(c3ccccc3COc3ccc(Cl)cc3)C2=N1. The summed E-state index contributed by atoms with van der Waals surface area (Å²) in [6.45, 7) is 0.552. The maximum atomic E-state index is 9.78. The van der Waals surface area contributed by atoms with E-state index in [9.17, 15) is 5.26 Å². The molecule has 30 heavy (non-hydrogen) atoms. The third kappa shape index (κ3) is 3.88. The van der Waals surface area contributed by atoms with Crippen molar-refractivity contribution in [2.24, 2.45) is 15.7 Å². The lowest BCUT2D eigenvalue weighted by atomic mass is 9.83. The highest BCUT2D eigenvalue weighted by atomic mass is 35.5. The molecular formula is C22H19ClN4O3. The third-order valence-corrected chi connectivity index (χ3v) is 5.09. The van der Waals surface area contributed by atoms with Crippen LogP contribution in [0.1, 0.15) is 17.0 Å². The average Bonchev–Trinajstić information content (AvgIpc) is 3.14. The van der Waals surface area contributed by atoms with E-state index in [1.807, 2.05) is 24.3 Å². The summed E-state index contributed by atoms with van der Waals surface area (Å²) < 4.78 is 16.7. The lowest BCUT2D eigenvalue weighted by Crippen LogP contribution is -2.35. The van der Waals surface area contributed by atoms with E-state index >= 15 is 0 Å². The van der Waals surface area contributed by atoms with Crippen LogP contribution in [0.3, 0.4) is 0 Å². The van der Waals surface area contributed by atoms with E-state index in [0.29, 0.717) is 34.5 Å². The van der Waals surface area contributed by atoms with Crippen molar-refractivity contribution in [2.75, 3.05) is 13.7 Å². The lowest BCUT2D eigenvalue weighted by Gasteiger charge is -2.29. The molecule has 152 valence electrons. The summed E-state index contributed by atoms with van der Waals surface area (Å²) in [4.78, 5) is 9.00. The van der Waals surface area contributed by atoms with Gasteiger partial charge < -0.3 is 19.9 Å². The fraction of sp³-hybridized carbons (Fsp3) is 0.227. The molecule has 0 aliphatic carbocycles. The van der Waals surface area contributed by atoms with Crippen LogP contribution in [0.15, 0.2) is 70.0 Å². The molecule has 0 amide bonds. The summed E-state index contributed by atoms with van der Waals surface area (Å²) >= 11 is 5.94. The summed E-state index contributed by atoms with van der Waals surface area (Å²) in [6.07, 6.45) is -0.664. The van der Waals surface area contributed by atoms with Crippen LogP contribution >= 0.6 is 11.6 Å². The highest BCUT2D eigenvalue weighted by molar-refractivity contribution is 6.30. The van der Waals surface area contributed by atoms with Gasteiger partial charge >= 0.3 is 0 Å². The molecule has 0 radical (unpaired) electrons. The van der Waals surface area contributed by atoms with E-state index in [2.05, 4.69) is 16.1 Å². The largest absolute Gasteiger partial charge is 0.489 e. The predicted octanol–water partition coefficient (Wildman–Crippen LogP) is 3.55. The zero-order valence-corrected chi connectivity index (χ0v) is 17.0. The Kier molecular flexibility index (Phi) is 5.70. The van der Waals surface area contributed by atoms with E-state index in [1.54, 1.807) is 31.4 Å². The predicted molar refractivity (Wildman–Crippen MR) is 113 cm³/mol. The Morgan fingerprint density at radius 2 is 1.93 bits per heavy atom. The Morgan fingerprint density at radius 3 is 2.67 bits per heavy atom. The first kappa shape index (κ1) is 20.0. The van der Waals surface area contributed by atoms with Gasteiger partial charge in [0.1, 0.15) is 30.6 Å². The summed E-state index contributed by atoms with van der Waals surface area (Å²) in [5.74, 6) is 0.780. The van der Waals surface area contributed by atoms with Gasteiger partial charge in [-0.15, -0.1) is 0 Å². The molecule has 2 aliphatic heterocycles. The molecule has 2 unspecified atom stereocenters. The van der Waals surface area contributed by atoms with E-state index in [4.69, 9.17) is 31.5 Å². The van der Waals surface area contributed by atoms with Gasteiger partial charge in [0, 0.05) is 12.1 Å². The number of amidine groups is 1. The number of benzene rings is 2. The first-order valence-electron chi connectivity index (χ1n) is 9.27. The van der Waals surface area contributed by atoms with Crippen LogP contribution in [-0.4, -0.2) is 31.5 Å². The minimum atomic E-state index is -0.664. The maximum Gasteiger partial charge on any atom is 0.233 e. The molecule has 0 fully saturated rings. The van der Waals surface area contributed by atoms with Crippen molar-refractivity contribution in [2.45, 2.75) is 18.8 Å². The summed E-state index contributed by atoms with van der Waals surface area (Å²) in [6, 6.07) is 17.0. The Balaban J connectivity index is 1.69. The van der Waals surface area contributed by atoms with Gasteiger partial charge in [-0.2, -0.15) is 5.26 Å². The van der Waals surface area contributed by atoms with Gasteiger partial charge in [-0.3, -0.25) is 0 Å². The topological polar surface area (TPSA) is 102 Å². The standard InChI is InChI=1S/C22H19ClN4O3/c1-28-12-18-26-20-19(17(10-24)21(25)30-22(20)27-18)16-5-3-2-4-13(16)11-29-15-8-6-14(23)7-9-15/h2-9,19,22H,11-12,25H2,1H3. The molecule has 0 aromatic heterocycles. The molecule has 8 heteroatoms. The molecule has 7 nitrogen and oxygen atoms in total. The molecule has 2 N–H and O–H groups in total. The van der Waals surface area contributed by atoms with E-state index in [-0.39, 0.29) is 12.5 Å². The number of aliphatic imine (C=N–C) groups is 2. The second kappa shape index (κ2) is 8.57. The molecule has 0 spiro atoms. The second-order valence-electron chi connectivity index (χ2n) is 6.75. The molecule has 0 bridgehead atoms. The van der Waals surface area contributed by atoms with Crippen molar-refractivity contribution in [3.63, 3.8) is 0 Å². The lowest BCUT2D eigenvalue weighted by molar-refractivity contribution is 0.162. The van der Waals surface area contributed by atoms with Crippen LogP contribution in [0.2, 0.25) is 5.02 Å². The molecule has 0 saturated carbocycles. The molecule has 0 saturated heterocycles. The fourth-order valence-corrected chi connectivity index (χ4v) is 3.60. The van der Waals surface area contributed by atoms with Gasteiger partial charge in [0.15, 0.2) is 5.84 Å². The number of allylic oxidation sites excluding steroid dienone is 1. The Morgan fingerprint density at radius 1 is 1.17 bits per heavy atom. The molecule has 2 aliphatic rings. The van der Waals surface area contributed by atoms with Gasteiger partial charge in [0.25, 0.3) is 0 Å². The summed E-state index contributed by atoms with van der Waals surface area (Å²) in [7, 11) is 1.57. The zero-order chi connectivity index (χ0) is 21.1. The average molecular weight is 423 g/mol. The third-order valence-electron chi connectivity index (χ3n) is 4.83. The number of nitrogens with two attached hydrogens (primary N) is 1. The van der Waals surface area contributed by atoms with Crippen LogP contribution in [0, 0.1) is 11.3 Å². The Bertz CT molecular complexity index is 1090. The number of hydrogen-bond acceptors (Lipinski definition) is 7. The Hall–Kier alpha value is -3.34. The zero-order valence-electron chi connectivity index (χ0n) is 16.2. The van der Waals surface area contributed by atoms with Crippen molar-refractivity contribution in [1.29, 1.82) is 5.26 Å². The van der Waals surface area contributed by atoms with Crippen LogP contribution in [0.5, 0.6) is 5.75 Å². The number of halogens is 1. The molecule has 2 heterocycles. The minimum Gasteiger partial charge on any atom is -0.489 e. The van der Waals surface area contributed by atoms with Crippen LogP contribution in [-0.2, 0) is 16.1 Å². The number of methoxy groups -OCH3 is 1. The van der Waals surface area contributed by atoms with Crippen molar-refractivity contribution in [3.8, 4) is 11.8 Å². The van der Waals surface area contributed by atoms with Gasteiger partial charge in [-0.1, -0.05) is 35.9 Å². The number of rotatable bonds is 6. The smallest absolute Gasteiger partial charge is 0.233 e. The van der Waals surface area contributed by atoms with Gasteiger partial charge in [0.05, 0.1) is 11.6 Å². The monoisotopic (exact) mass is 422 g/mol. The summed E-state index contributed by atoms with van der Waals surface area (Å²) in [5, 5.41) is 10.4. The van der Waals surface area contributed by atoms with E-state index in [1.165, 1.54) is 0 Å². The molecular weight excluding hydrogens is 404 g/mol. The van der Waals surface area contributed by atoms with Gasteiger partial charge in [-0.05, 0) is 35.4 Å².